The summed E-state index contributed by atoms with van der Waals surface area (Å²) in [5, 5.41) is 0. The maximum Gasteiger partial charge on any atom is 0.226 e. The zero-order valence-electron chi connectivity index (χ0n) is 18.6. The summed E-state index contributed by atoms with van der Waals surface area (Å²) in [5.41, 5.74) is 2.22. The minimum Gasteiger partial charge on any atom is -0.491 e. The Kier molecular flexibility index (Phi) is 6.17. The third-order valence-electron chi connectivity index (χ3n) is 7.48. The van der Waals surface area contributed by atoms with Crippen molar-refractivity contribution in [3.05, 3.63) is 29.3 Å². The van der Waals surface area contributed by atoms with E-state index in [0.29, 0.717) is 26.1 Å². The Morgan fingerprint density at radius 2 is 1.71 bits per heavy atom. The van der Waals surface area contributed by atoms with Gasteiger partial charge in [0.1, 0.15) is 12.4 Å². The van der Waals surface area contributed by atoms with Gasteiger partial charge in [-0.05, 0) is 43.7 Å². The fourth-order valence-electron chi connectivity index (χ4n) is 5.40. The molecule has 0 unspecified atom stereocenters. The molecule has 2 amide bonds. The van der Waals surface area contributed by atoms with E-state index in [0.717, 1.165) is 68.4 Å². The molecule has 0 atom stereocenters. The lowest BCUT2D eigenvalue weighted by Gasteiger charge is -2.38. The summed E-state index contributed by atoms with van der Waals surface area (Å²) in [6, 6.07) is 6.98. The number of hydrogen-bond acceptors (Lipinski definition) is 4. The van der Waals surface area contributed by atoms with Gasteiger partial charge in [0.25, 0.3) is 0 Å². The van der Waals surface area contributed by atoms with Crippen molar-refractivity contribution in [1.82, 2.24) is 14.7 Å². The highest BCUT2D eigenvalue weighted by Crippen LogP contribution is 2.33. The normalized spacial score (nSPS) is 22.7. The van der Waals surface area contributed by atoms with Crippen molar-refractivity contribution in [3.63, 3.8) is 0 Å². The molecule has 1 aromatic carbocycles. The van der Waals surface area contributed by atoms with Crippen LogP contribution in [0.3, 0.4) is 0 Å². The minimum absolute atomic E-state index is 0.233. The molecule has 6 heteroatoms. The van der Waals surface area contributed by atoms with Gasteiger partial charge in [0, 0.05) is 56.7 Å². The molecule has 3 fully saturated rings. The molecule has 2 aliphatic heterocycles. The number of amides is 2. The SMILES string of the molecule is O=C(CCc1ccc2c(c1)CN(C(=O)C1CC1)CCO2)N1CCN(C2CCCC2)CC1. The summed E-state index contributed by atoms with van der Waals surface area (Å²) >= 11 is 0. The Morgan fingerprint density at radius 3 is 2.45 bits per heavy atom. The number of carbonyl (C=O) groups is 2. The van der Waals surface area contributed by atoms with Gasteiger partial charge < -0.3 is 14.5 Å². The third kappa shape index (κ3) is 4.89. The van der Waals surface area contributed by atoms with Crippen LogP contribution in [0.4, 0.5) is 0 Å². The highest BCUT2D eigenvalue weighted by Gasteiger charge is 2.34. The molecule has 0 N–H and O–H groups in total. The molecule has 5 rings (SSSR count). The van der Waals surface area contributed by atoms with E-state index in [1.807, 2.05) is 15.9 Å². The second-order valence-corrected chi connectivity index (χ2v) is 9.68. The average Bonchev–Trinajstić information content (AvgIpc) is 3.55. The van der Waals surface area contributed by atoms with Crippen LogP contribution in [0, 0.1) is 5.92 Å². The second-order valence-electron chi connectivity index (χ2n) is 9.68. The number of piperazine rings is 1. The maximum absolute atomic E-state index is 12.8. The van der Waals surface area contributed by atoms with Crippen LogP contribution >= 0.6 is 0 Å². The molecule has 0 radical (unpaired) electrons. The van der Waals surface area contributed by atoms with Gasteiger partial charge >= 0.3 is 0 Å². The van der Waals surface area contributed by atoms with Crippen molar-refractivity contribution < 1.29 is 14.3 Å². The molecule has 31 heavy (non-hydrogen) atoms. The van der Waals surface area contributed by atoms with E-state index < -0.39 is 0 Å². The summed E-state index contributed by atoms with van der Waals surface area (Å²) in [5.74, 6) is 1.65. The molecule has 168 valence electrons. The zero-order valence-corrected chi connectivity index (χ0v) is 18.6. The number of benzene rings is 1. The van der Waals surface area contributed by atoms with Gasteiger partial charge in [-0.25, -0.2) is 0 Å². The molecule has 2 aliphatic carbocycles. The Hall–Kier alpha value is -2.08. The summed E-state index contributed by atoms with van der Waals surface area (Å²) in [6.45, 7) is 5.61. The number of nitrogens with zero attached hydrogens (tertiary/aromatic N) is 3. The molecule has 0 bridgehead atoms. The predicted octanol–water partition coefficient (Wildman–Crippen LogP) is 2.84. The first-order chi connectivity index (χ1) is 15.2. The van der Waals surface area contributed by atoms with Crippen molar-refractivity contribution in [2.75, 3.05) is 39.3 Å². The van der Waals surface area contributed by atoms with Gasteiger partial charge in [-0.3, -0.25) is 14.5 Å². The van der Waals surface area contributed by atoms with Crippen LogP contribution in [0.15, 0.2) is 18.2 Å². The zero-order chi connectivity index (χ0) is 21.2. The van der Waals surface area contributed by atoms with E-state index in [4.69, 9.17) is 4.74 Å². The monoisotopic (exact) mass is 425 g/mol. The minimum atomic E-state index is 0.233. The van der Waals surface area contributed by atoms with E-state index in [1.165, 1.54) is 25.7 Å². The van der Waals surface area contributed by atoms with Crippen molar-refractivity contribution >= 4 is 11.8 Å². The largest absolute Gasteiger partial charge is 0.491 e. The summed E-state index contributed by atoms with van der Waals surface area (Å²) in [7, 11) is 0. The first-order valence-electron chi connectivity index (χ1n) is 12.2. The van der Waals surface area contributed by atoms with Gasteiger partial charge in [0.15, 0.2) is 0 Å². The van der Waals surface area contributed by atoms with Crippen LogP contribution in [-0.2, 0) is 22.6 Å². The number of carbonyl (C=O) groups excluding carboxylic acids is 2. The standard InChI is InChI=1S/C25H35N3O3/c29-24(27-13-11-26(12-14-27)22-3-1-2-4-22)10-6-19-5-9-23-21(17-19)18-28(15-16-31-23)25(30)20-7-8-20/h5,9,17,20,22H,1-4,6-8,10-16,18H2. The smallest absolute Gasteiger partial charge is 0.226 e. The quantitative estimate of drug-likeness (QED) is 0.728. The fourth-order valence-corrected chi connectivity index (χ4v) is 5.40. The molecule has 1 aromatic rings. The summed E-state index contributed by atoms with van der Waals surface area (Å²) in [4.78, 5) is 31.9. The molecule has 2 saturated carbocycles. The summed E-state index contributed by atoms with van der Waals surface area (Å²) in [6.07, 6.45) is 8.74. The molecular weight excluding hydrogens is 390 g/mol. The lowest BCUT2D eigenvalue weighted by molar-refractivity contribution is -0.134. The number of aryl methyl sites for hydroxylation is 1. The lowest BCUT2D eigenvalue weighted by Crippen LogP contribution is -2.51. The van der Waals surface area contributed by atoms with E-state index in [-0.39, 0.29) is 17.7 Å². The van der Waals surface area contributed by atoms with E-state index in [1.54, 1.807) is 0 Å². The Bertz CT molecular complexity index is 808. The number of fused-ring (bicyclic) bond motifs is 1. The molecule has 0 spiro atoms. The van der Waals surface area contributed by atoms with Crippen LogP contribution in [0.1, 0.15) is 56.1 Å². The average molecular weight is 426 g/mol. The van der Waals surface area contributed by atoms with Crippen molar-refractivity contribution in [2.45, 2.75) is 64.0 Å². The highest BCUT2D eigenvalue weighted by atomic mass is 16.5. The van der Waals surface area contributed by atoms with E-state index >= 15 is 0 Å². The van der Waals surface area contributed by atoms with Crippen LogP contribution in [-0.4, -0.2) is 71.9 Å². The van der Waals surface area contributed by atoms with Crippen molar-refractivity contribution in [2.24, 2.45) is 5.92 Å². The molecule has 1 saturated heterocycles. The Balaban J connectivity index is 1.14. The topological polar surface area (TPSA) is 53.1 Å². The molecule has 2 heterocycles. The molecule has 0 aromatic heterocycles. The van der Waals surface area contributed by atoms with Gasteiger partial charge in [-0.15, -0.1) is 0 Å². The van der Waals surface area contributed by atoms with Gasteiger partial charge in [0.05, 0.1) is 6.54 Å². The van der Waals surface area contributed by atoms with Crippen molar-refractivity contribution in [1.29, 1.82) is 0 Å². The second kappa shape index (κ2) is 9.19. The Morgan fingerprint density at radius 1 is 0.935 bits per heavy atom. The van der Waals surface area contributed by atoms with Crippen LogP contribution in [0.25, 0.3) is 0 Å². The number of rotatable bonds is 5. The number of ether oxygens (including phenoxy) is 1. The predicted molar refractivity (Wildman–Crippen MR) is 119 cm³/mol. The van der Waals surface area contributed by atoms with Crippen LogP contribution < -0.4 is 4.74 Å². The Labute approximate surface area is 185 Å². The molecular formula is C25H35N3O3. The first kappa shape index (κ1) is 20.8. The molecule has 4 aliphatic rings. The number of hydrogen-bond donors (Lipinski definition) is 0. The van der Waals surface area contributed by atoms with Crippen LogP contribution in [0.5, 0.6) is 5.75 Å². The maximum atomic E-state index is 12.8. The van der Waals surface area contributed by atoms with E-state index in [9.17, 15) is 9.59 Å². The lowest BCUT2D eigenvalue weighted by atomic mass is 10.0. The van der Waals surface area contributed by atoms with Gasteiger partial charge in [-0.2, -0.15) is 0 Å². The van der Waals surface area contributed by atoms with Crippen molar-refractivity contribution in [3.8, 4) is 5.75 Å². The van der Waals surface area contributed by atoms with E-state index in [2.05, 4.69) is 17.0 Å². The fraction of sp³-hybridized carbons (Fsp3) is 0.680. The van der Waals surface area contributed by atoms with Gasteiger partial charge in [-0.1, -0.05) is 25.0 Å². The highest BCUT2D eigenvalue weighted by molar-refractivity contribution is 5.81. The first-order valence-corrected chi connectivity index (χ1v) is 12.2. The third-order valence-corrected chi connectivity index (χ3v) is 7.48. The van der Waals surface area contributed by atoms with Crippen LogP contribution in [0.2, 0.25) is 0 Å². The summed E-state index contributed by atoms with van der Waals surface area (Å²) < 4.78 is 5.88. The van der Waals surface area contributed by atoms with Gasteiger partial charge in [0.2, 0.25) is 11.8 Å². The molecule has 6 nitrogen and oxygen atoms in total.